The van der Waals surface area contributed by atoms with E-state index >= 15 is 0 Å². The molecule has 2 N–H and O–H groups in total. The molecule has 4 nitrogen and oxygen atoms in total. The Bertz CT molecular complexity index is 373. The molecule has 0 fully saturated rings. The molecule has 4 heteroatoms. The molecule has 0 bridgehead atoms. The van der Waals surface area contributed by atoms with E-state index in [4.69, 9.17) is 0 Å². The maximum Gasteiger partial charge on any atom is 0.251 e. The molecule has 1 amide bonds. The molecule has 0 radical (unpaired) electrons. The van der Waals surface area contributed by atoms with E-state index in [1.165, 1.54) is 0 Å². The van der Waals surface area contributed by atoms with Crippen molar-refractivity contribution in [2.75, 3.05) is 39.1 Å². The van der Waals surface area contributed by atoms with Gasteiger partial charge in [0.15, 0.2) is 0 Å². The van der Waals surface area contributed by atoms with Crippen LogP contribution in [-0.4, -0.2) is 40.1 Å². The third kappa shape index (κ3) is 4.37. The van der Waals surface area contributed by atoms with Crippen molar-refractivity contribution in [1.29, 1.82) is 0 Å². The number of amides is 1. The van der Waals surface area contributed by atoms with E-state index < -0.39 is 0 Å². The number of hydrogen-bond donors (Lipinski definition) is 2. The van der Waals surface area contributed by atoms with Crippen molar-refractivity contribution in [1.82, 2.24) is 10.6 Å². The molecular formula is C14H23N3O. The van der Waals surface area contributed by atoms with Crippen molar-refractivity contribution >= 4 is 11.6 Å². The Morgan fingerprint density at radius 2 is 1.83 bits per heavy atom. The average Bonchev–Trinajstić information content (AvgIpc) is 2.36. The predicted octanol–water partition coefficient (Wildman–Crippen LogP) is 1.34. The Kier molecular flexibility index (Phi) is 5.65. The lowest BCUT2D eigenvalue weighted by atomic mass is 10.1. The van der Waals surface area contributed by atoms with Crippen LogP contribution in [0.5, 0.6) is 0 Å². The van der Waals surface area contributed by atoms with Gasteiger partial charge in [0, 0.05) is 31.9 Å². The van der Waals surface area contributed by atoms with Gasteiger partial charge >= 0.3 is 0 Å². The Hall–Kier alpha value is -1.55. The van der Waals surface area contributed by atoms with Crippen molar-refractivity contribution < 1.29 is 4.79 Å². The van der Waals surface area contributed by atoms with Crippen LogP contribution >= 0.6 is 0 Å². The van der Waals surface area contributed by atoms with Crippen molar-refractivity contribution in [3.63, 3.8) is 0 Å². The fraction of sp³-hybridized carbons (Fsp3) is 0.500. The topological polar surface area (TPSA) is 44.4 Å². The van der Waals surface area contributed by atoms with Crippen LogP contribution < -0.4 is 15.5 Å². The van der Waals surface area contributed by atoms with Gasteiger partial charge in [-0.05, 0) is 43.8 Å². The molecule has 18 heavy (non-hydrogen) atoms. The molecule has 1 aromatic rings. The second-order valence-electron chi connectivity index (χ2n) is 4.81. The third-order valence-electron chi connectivity index (χ3n) is 2.81. The van der Waals surface area contributed by atoms with E-state index in [9.17, 15) is 4.79 Å². The molecule has 0 aliphatic rings. The molecule has 0 spiro atoms. The summed E-state index contributed by atoms with van der Waals surface area (Å²) in [5, 5.41) is 6.03. The quantitative estimate of drug-likeness (QED) is 0.799. The minimum Gasteiger partial charge on any atom is -0.378 e. The number of hydrogen-bond acceptors (Lipinski definition) is 3. The zero-order valence-corrected chi connectivity index (χ0v) is 11.7. The SMILES string of the molecule is CNCC(C)CNC(=O)c1ccc(N(C)C)cc1. The molecule has 0 saturated heterocycles. The van der Waals surface area contributed by atoms with Crippen LogP contribution in [0.4, 0.5) is 5.69 Å². The summed E-state index contributed by atoms with van der Waals surface area (Å²) < 4.78 is 0. The first kappa shape index (κ1) is 14.5. The summed E-state index contributed by atoms with van der Waals surface area (Å²) >= 11 is 0. The molecule has 1 aromatic carbocycles. The Morgan fingerprint density at radius 1 is 1.22 bits per heavy atom. The first-order valence-electron chi connectivity index (χ1n) is 6.24. The highest BCUT2D eigenvalue weighted by Gasteiger charge is 2.07. The van der Waals surface area contributed by atoms with Crippen LogP contribution in [0.2, 0.25) is 0 Å². The minimum absolute atomic E-state index is 0.0109. The second kappa shape index (κ2) is 7.01. The van der Waals surface area contributed by atoms with Crippen molar-refractivity contribution in [3.8, 4) is 0 Å². The van der Waals surface area contributed by atoms with Gasteiger partial charge < -0.3 is 15.5 Å². The maximum absolute atomic E-state index is 11.9. The van der Waals surface area contributed by atoms with Crippen LogP contribution in [-0.2, 0) is 0 Å². The summed E-state index contributed by atoms with van der Waals surface area (Å²) in [6, 6.07) is 7.61. The van der Waals surface area contributed by atoms with E-state index in [0.717, 1.165) is 12.2 Å². The van der Waals surface area contributed by atoms with Crippen molar-refractivity contribution in [2.24, 2.45) is 5.92 Å². The lowest BCUT2D eigenvalue weighted by molar-refractivity contribution is 0.0948. The Labute approximate surface area is 109 Å². The summed E-state index contributed by atoms with van der Waals surface area (Å²) in [5.41, 5.74) is 1.80. The van der Waals surface area contributed by atoms with Gasteiger partial charge in [0.05, 0.1) is 0 Å². The van der Waals surface area contributed by atoms with Gasteiger partial charge in [-0.1, -0.05) is 6.92 Å². The van der Waals surface area contributed by atoms with Crippen LogP contribution in [0.25, 0.3) is 0 Å². The zero-order chi connectivity index (χ0) is 13.5. The van der Waals surface area contributed by atoms with Gasteiger partial charge in [-0.2, -0.15) is 0 Å². The fourth-order valence-electron chi connectivity index (χ4n) is 1.70. The van der Waals surface area contributed by atoms with E-state index in [2.05, 4.69) is 17.6 Å². The molecule has 0 aliphatic carbocycles. The fourth-order valence-corrected chi connectivity index (χ4v) is 1.70. The number of nitrogens with zero attached hydrogens (tertiary/aromatic N) is 1. The monoisotopic (exact) mass is 249 g/mol. The van der Waals surface area contributed by atoms with E-state index in [1.54, 1.807) is 0 Å². The number of carbonyl (C=O) groups excluding carboxylic acids is 1. The Morgan fingerprint density at radius 3 is 2.33 bits per heavy atom. The normalized spacial score (nSPS) is 12.0. The van der Waals surface area contributed by atoms with Gasteiger partial charge in [-0.3, -0.25) is 4.79 Å². The molecule has 0 heterocycles. The highest BCUT2D eigenvalue weighted by atomic mass is 16.1. The summed E-state index contributed by atoms with van der Waals surface area (Å²) in [6.07, 6.45) is 0. The van der Waals surface area contributed by atoms with Gasteiger partial charge in [0.1, 0.15) is 0 Å². The molecule has 0 aliphatic heterocycles. The number of carbonyl (C=O) groups is 1. The van der Waals surface area contributed by atoms with Crippen LogP contribution in [0.15, 0.2) is 24.3 Å². The van der Waals surface area contributed by atoms with E-state index in [-0.39, 0.29) is 5.91 Å². The highest BCUT2D eigenvalue weighted by molar-refractivity contribution is 5.94. The van der Waals surface area contributed by atoms with Crippen LogP contribution in [0.3, 0.4) is 0 Å². The van der Waals surface area contributed by atoms with Crippen LogP contribution in [0.1, 0.15) is 17.3 Å². The third-order valence-corrected chi connectivity index (χ3v) is 2.81. The van der Waals surface area contributed by atoms with Crippen LogP contribution in [0, 0.1) is 5.92 Å². The number of rotatable bonds is 6. The molecule has 0 aromatic heterocycles. The maximum atomic E-state index is 11.9. The first-order chi connectivity index (χ1) is 8.54. The molecule has 1 atom stereocenters. The number of benzene rings is 1. The number of anilines is 1. The Balaban J connectivity index is 2.51. The van der Waals surface area contributed by atoms with Crippen molar-refractivity contribution in [2.45, 2.75) is 6.92 Å². The predicted molar refractivity (Wildman–Crippen MR) is 76.2 cm³/mol. The van der Waals surface area contributed by atoms with Gasteiger partial charge in [-0.15, -0.1) is 0 Å². The van der Waals surface area contributed by atoms with Gasteiger partial charge in [-0.25, -0.2) is 0 Å². The summed E-state index contributed by atoms with van der Waals surface area (Å²) in [5.74, 6) is 0.420. The highest BCUT2D eigenvalue weighted by Crippen LogP contribution is 2.12. The smallest absolute Gasteiger partial charge is 0.251 e. The molecule has 1 rings (SSSR count). The summed E-state index contributed by atoms with van der Waals surface area (Å²) in [7, 11) is 5.88. The lowest BCUT2D eigenvalue weighted by Gasteiger charge is -2.14. The first-order valence-corrected chi connectivity index (χ1v) is 6.24. The minimum atomic E-state index is -0.0109. The average molecular weight is 249 g/mol. The standard InChI is InChI=1S/C14H23N3O/c1-11(9-15-2)10-16-14(18)12-5-7-13(8-6-12)17(3)4/h5-8,11,15H,9-10H2,1-4H3,(H,16,18). The van der Waals surface area contributed by atoms with Gasteiger partial charge in [0.25, 0.3) is 5.91 Å². The number of nitrogens with one attached hydrogen (secondary N) is 2. The van der Waals surface area contributed by atoms with E-state index in [1.807, 2.05) is 50.3 Å². The largest absolute Gasteiger partial charge is 0.378 e. The van der Waals surface area contributed by atoms with Gasteiger partial charge in [0.2, 0.25) is 0 Å². The van der Waals surface area contributed by atoms with Crippen molar-refractivity contribution in [3.05, 3.63) is 29.8 Å². The molecule has 1 unspecified atom stereocenters. The van der Waals surface area contributed by atoms with E-state index in [0.29, 0.717) is 18.0 Å². The zero-order valence-electron chi connectivity index (χ0n) is 11.7. The molecular weight excluding hydrogens is 226 g/mol. The second-order valence-corrected chi connectivity index (χ2v) is 4.81. The molecule has 0 saturated carbocycles. The summed E-state index contributed by atoms with van der Waals surface area (Å²) in [6.45, 7) is 3.70. The lowest BCUT2D eigenvalue weighted by Crippen LogP contribution is -2.32. The molecule has 100 valence electrons. The summed E-state index contributed by atoms with van der Waals surface area (Å²) in [4.78, 5) is 13.9.